The van der Waals surface area contributed by atoms with Crippen LogP contribution in [0.25, 0.3) is 0 Å². The molecule has 0 bridgehead atoms. The average molecular weight is 361 g/mol. The lowest BCUT2D eigenvalue weighted by molar-refractivity contribution is 0.470. The lowest BCUT2D eigenvalue weighted by Gasteiger charge is -2.31. The largest absolute Gasteiger partial charge is 0.326 e. The van der Waals surface area contributed by atoms with E-state index >= 15 is 0 Å². The summed E-state index contributed by atoms with van der Waals surface area (Å²) in [6.45, 7) is 3.50. The van der Waals surface area contributed by atoms with E-state index in [1.54, 1.807) is 6.54 Å². The van der Waals surface area contributed by atoms with Gasteiger partial charge in [0, 0.05) is 12.0 Å². The summed E-state index contributed by atoms with van der Waals surface area (Å²) in [5, 5.41) is -0.516. The maximum absolute atomic E-state index is 11.8. The molecule has 0 aliphatic carbocycles. The molecule has 0 aliphatic rings. The van der Waals surface area contributed by atoms with Crippen molar-refractivity contribution in [2.75, 3.05) is 0 Å². The Morgan fingerprint density at radius 2 is 1.76 bits per heavy atom. The van der Waals surface area contributed by atoms with Crippen LogP contribution in [0.15, 0.2) is 54.6 Å². The summed E-state index contributed by atoms with van der Waals surface area (Å²) in [7, 11) is -2.59. The van der Waals surface area contributed by atoms with Crippen molar-refractivity contribution in [1.29, 1.82) is 0 Å². The lowest BCUT2D eigenvalue weighted by Crippen LogP contribution is -2.33. The number of nitrogens with two attached hydrogens (primary N) is 3. The molecule has 5 nitrogen and oxygen atoms in total. The van der Waals surface area contributed by atoms with Gasteiger partial charge in [0.05, 0.1) is 11.4 Å². The van der Waals surface area contributed by atoms with Crippen molar-refractivity contribution in [3.05, 3.63) is 77.8 Å². The highest BCUT2D eigenvalue weighted by Gasteiger charge is 2.31. The van der Waals surface area contributed by atoms with Crippen LogP contribution in [0.3, 0.4) is 0 Å². The van der Waals surface area contributed by atoms with Gasteiger partial charge in [0.2, 0.25) is 0 Å². The van der Waals surface area contributed by atoms with Gasteiger partial charge in [-0.15, -0.1) is 0 Å². The van der Waals surface area contributed by atoms with Crippen LogP contribution < -0.4 is 17.2 Å². The van der Waals surface area contributed by atoms with Crippen molar-refractivity contribution in [2.45, 2.75) is 36.6 Å². The van der Waals surface area contributed by atoms with Crippen LogP contribution in [0.5, 0.6) is 0 Å². The molecule has 25 heavy (non-hydrogen) atoms. The second-order valence-corrected chi connectivity index (χ2v) is 7.87. The second-order valence-electron chi connectivity index (χ2n) is 6.57. The number of rotatable bonds is 8. The first-order chi connectivity index (χ1) is 11.9. The molecule has 6 heteroatoms. The van der Waals surface area contributed by atoms with E-state index in [4.69, 9.17) is 17.2 Å². The zero-order chi connectivity index (χ0) is 18.4. The fourth-order valence-electron chi connectivity index (χ4n) is 2.98. The van der Waals surface area contributed by atoms with Gasteiger partial charge < -0.3 is 17.2 Å². The van der Waals surface area contributed by atoms with Gasteiger partial charge in [0.15, 0.2) is 0 Å². The van der Waals surface area contributed by atoms with Gasteiger partial charge >= 0.3 is 0 Å². The summed E-state index contributed by atoms with van der Waals surface area (Å²) in [5.74, 6) is 0. The third-order valence-corrected chi connectivity index (χ3v) is 5.53. The molecular weight excluding hydrogens is 334 g/mol. The Labute approximate surface area is 151 Å². The molecule has 0 spiro atoms. The van der Waals surface area contributed by atoms with E-state index in [1.807, 2.05) is 61.5 Å². The Morgan fingerprint density at radius 3 is 2.32 bits per heavy atom. The molecule has 0 aromatic heterocycles. The Kier molecular flexibility index (Phi) is 6.72. The second kappa shape index (κ2) is 8.58. The van der Waals surface area contributed by atoms with E-state index in [1.165, 1.54) is 0 Å². The summed E-state index contributed by atoms with van der Waals surface area (Å²) in [6, 6.07) is 17.1. The Morgan fingerprint density at radius 1 is 1.08 bits per heavy atom. The number of hydrogen-bond donors (Lipinski definition) is 4. The molecule has 0 heterocycles. The third kappa shape index (κ3) is 5.12. The highest BCUT2D eigenvalue weighted by atomic mass is 32.2. The topological polar surface area (TPSA) is 112 Å². The number of benzene rings is 2. The maximum atomic E-state index is 11.8. The quantitative estimate of drug-likeness (QED) is 0.422. The maximum Gasteiger partial charge on any atom is 0.143 e. The molecule has 2 unspecified atom stereocenters. The smallest absolute Gasteiger partial charge is 0.143 e. The first-order valence-electron chi connectivity index (χ1n) is 8.21. The van der Waals surface area contributed by atoms with E-state index in [9.17, 15) is 8.42 Å². The summed E-state index contributed by atoms with van der Waals surface area (Å²) in [5.41, 5.74) is 19.5. The number of hydrogen-bond acceptors (Lipinski definition) is 5. The molecular formula is C19H26N3O2S. The first-order valence-corrected chi connectivity index (χ1v) is 9.45. The van der Waals surface area contributed by atoms with Gasteiger partial charge in [0.25, 0.3) is 0 Å². The first kappa shape index (κ1) is 19.6. The van der Waals surface area contributed by atoms with E-state index in [0.29, 0.717) is 12.8 Å². The van der Waals surface area contributed by atoms with Crippen molar-refractivity contribution >= 4 is 10.7 Å². The molecule has 2 aromatic rings. The monoisotopic (exact) mass is 360 g/mol. The molecule has 0 aliphatic heterocycles. The third-order valence-electron chi connectivity index (χ3n) is 4.57. The fourth-order valence-corrected chi connectivity index (χ4v) is 3.87. The van der Waals surface area contributed by atoms with Crippen molar-refractivity contribution < 1.29 is 8.42 Å². The van der Waals surface area contributed by atoms with Crippen molar-refractivity contribution in [3.8, 4) is 0 Å². The molecule has 135 valence electrons. The minimum atomic E-state index is -2.59. The minimum Gasteiger partial charge on any atom is -0.326 e. The zero-order valence-electron chi connectivity index (χ0n) is 14.3. The van der Waals surface area contributed by atoms with Gasteiger partial charge in [-0.25, -0.2) is 8.42 Å². The molecule has 2 rings (SSSR count). The van der Waals surface area contributed by atoms with Gasteiger partial charge in [-0.1, -0.05) is 61.5 Å². The molecule has 0 saturated carbocycles. The van der Waals surface area contributed by atoms with Crippen molar-refractivity contribution in [2.24, 2.45) is 17.2 Å². The van der Waals surface area contributed by atoms with Gasteiger partial charge in [-0.2, -0.15) is 0 Å². The lowest BCUT2D eigenvalue weighted by atomic mass is 9.77. The predicted molar refractivity (Wildman–Crippen MR) is 102 cm³/mol. The van der Waals surface area contributed by atoms with Crippen LogP contribution in [0, 0.1) is 6.54 Å². The Hall–Kier alpha value is -1.73. The summed E-state index contributed by atoms with van der Waals surface area (Å²) < 4.78 is 23.7. The SMILES string of the molecule is CC([CH]N)(CC(Cc1ccccc1)[SH](=O)=O)c1cccc(C(N)N)c1. The van der Waals surface area contributed by atoms with E-state index in [-0.39, 0.29) is 0 Å². The summed E-state index contributed by atoms with van der Waals surface area (Å²) in [4.78, 5) is 0. The van der Waals surface area contributed by atoms with Crippen LogP contribution in [0.2, 0.25) is 0 Å². The summed E-state index contributed by atoms with van der Waals surface area (Å²) >= 11 is 0. The fraction of sp³-hybridized carbons (Fsp3) is 0.316. The van der Waals surface area contributed by atoms with Crippen molar-refractivity contribution in [1.82, 2.24) is 0 Å². The highest BCUT2D eigenvalue weighted by Crippen LogP contribution is 2.33. The van der Waals surface area contributed by atoms with Crippen LogP contribution in [-0.2, 0) is 22.5 Å². The predicted octanol–water partition coefficient (Wildman–Crippen LogP) is 1.59. The van der Waals surface area contributed by atoms with Gasteiger partial charge in [0.1, 0.15) is 10.7 Å². The summed E-state index contributed by atoms with van der Waals surface area (Å²) in [6.07, 6.45) is 0.262. The molecule has 0 saturated heterocycles. The molecule has 1 radical (unpaired) electrons. The van der Waals surface area contributed by atoms with Crippen LogP contribution in [0.4, 0.5) is 0 Å². The van der Waals surface area contributed by atoms with E-state index in [2.05, 4.69) is 0 Å². The van der Waals surface area contributed by atoms with Gasteiger partial charge in [-0.3, -0.25) is 0 Å². The number of thiol groups is 1. The average Bonchev–Trinajstić information content (AvgIpc) is 2.62. The van der Waals surface area contributed by atoms with Crippen LogP contribution in [-0.4, -0.2) is 13.7 Å². The zero-order valence-corrected chi connectivity index (χ0v) is 15.2. The van der Waals surface area contributed by atoms with Crippen LogP contribution >= 0.6 is 0 Å². The van der Waals surface area contributed by atoms with E-state index < -0.39 is 27.5 Å². The molecule has 2 aromatic carbocycles. The normalized spacial score (nSPS) is 15.3. The molecule has 2 atom stereocenters. The molecule has 0 amide bonds. The Bertz CT molecular complexity index is 754. The van der Waals surface area contributed by atoms with Crippen molar-refractivity contribution in [3.63, 3.8) is 0 Å². The Balaban J connectivity index is 2.29. The molecule has 6 N–H and O–H groups in total. The van der Waals surface area contributed by atoms with Crippen LogP contribution in [0.1, 0.15) is 36.2 Å². The highest BCUT2D eigenvalue weighted by molar-refractivity contribution is 7.73. The molecule has 0 fully saturated rings. The standard InChI is InChI=1S/C19H26N3O2S/c1-19(13-20,16-9-5-8-15(11-16)18(21)22)12-17(25(23)24)10-14-6-3-2-4-7-14/h2-9,11,13,17-18,25H,10,12,20-22H2,1H3. The van der Waals surface area contributed by atoms with Gasteiger partial charge in [-0.05, 0) is 29.5 Å². The van der Waals surface area contributed by atoms with E-state index in [0.717, 1.165) is 16.7 Å². The minimum absolute atomic E-state index is 0.389.